The van der Waals surface area contributed by atoms with Crippen LogP contribution in [0.3, 0.4) is 0 Å². The molecule has 12 heavy (non-hydrogen) atoms. The van der Waals surface area contributed by atoms with Gasteiger partial charge < -0.3 is 10.5 Å². The van der Waals surface area contributed by atoms with Gasteiger partial charge in [-0.3, -0.25) is 0 Å². The lowest BCUT2D eigenvalue weighted by Crippen LogP contribution is -2.01. The van der Waals surface area contributed by atoms with Gasteiger partial charge in [-0.25, -0.2) is 0 Å². The van der Waals surface area contributed by atoms with E-state index in [-0.39, 0.29) is 0 Å². The maximum Gasteiger partial charge on any atom is 0.132 e. The van der Waals surface area contributed by atoms with E-state index in [1.54, 1.807) is 7.11 Å². The molecule has 1 aromatic rings. The second-order valence-electron chi connectivity index (χ2n) is 2.25. The monoisotopic (exact) mass is 341 g/mol. The van der Waals surface area contributed by atoms with E-state index >= 15 is 0 Å². The summed E-state index contributed by atoms with van der Waals surface area (Å²) < 4.78 is 7.27. The standard InChI is InChI=1S/C8H9BrINO/c1-12-7-3-2-6(9)5(4-11)8(7)10/h2-3H,4,11H2,1H3. The Kier molecular flexibility index (Phi) is 3.79. The first-order valence-electron chi connectivity index (χ1n) is 3.41. The summed E-state index contributed by atoms with van der Waals surface area (Å²) in [5.41, 5.74) is 6.68. The molecule has 0 unspecified atom stereocenters. The van der Waals surface area contributed by atoms with Gasteiger partial charge in [0, 0.05) is 11.0 Å². The molecule has 0 bridgehead atoms. The van der Waals surface area contributed by atoms with Crippen LogP contribution >= 0.6 is 38.5 Å². The Bertz CT molecular complexity index is 291. The second-order valence-corrected chi connectivity index (χ2v) is 4.18. The van der Waals surface area contributed by atoms with Crippen LogP contribution in [0.15, 0.2) is 16.6 Å². The molecule has 66 valence electrons. The molecule has 2 nitrogen and oxygen atoms in total. The largest absolute Gasteiger partial charge is 0.496 e. The van der Waals surface area contributed by atoms with Crippen LogP contribution in [-0.4, -0.2) is 7.11 Å². The Balaban J connectivity index is 3.24. The molecule has 4 heteroatoms. The van der Waals surface area contributed by atoms with E-state index in [1.807, 2.05) is 12.1 Å². The molecule has 0 aliphatic carbocycles. The minimum absolute atomic E-state index is 0.524. The fourth-order valence-corrected chi connectivity index (χ4v) is 2.69. The van der Waals surface area contributed by atoms with Crippen molar-refractivity contribution >= 4 is 38.5 Å². The van der Waals surface area contributed by atoms with Crippen molar-refractivity contribution in [1.82, 2.24) is 0 Å². The molecular formula is C8H9BrINO. The number of rotatable bonds is 2. The third-order valence-corrected chi connectivity index (χ3v) is 3.50. The number of methoxy groups -OCH3 is 1. The molecule has 0 saturated carbocycles. The van der Waals surface area contributed by atoms with Gasteiger partial charge in [0.05, 0.1) is 10.7 Å². The van der Waals surface area contributed by atoms with E-state index in [9.17, 15) is 0 Å². The highest BCUT2D eigenvalue weighted by atomic mass is 127. The van der Waals surface area contributed by atoms with Crippen molar-refractivity contribution in [1.29, 1.82) is 0 Å². The van der Waals surface area contributed by atoms with E-state index < -0.39 is 0 Å². The molecule has 0 aliphatic heterocycles. The van der Waals surface area contributed by atoms with Crippen molar-refractivity contribution in [2.45, 2.75) is 6.54 Å². The average Bonchev–Trinajstić information content (AvgIpc) is 2.06. The molecule has 0 atom stereocenters. The first kappa shape index (κ1) is 10.3. The number of halogens is 2. The van der Waals surface area contributed by atoms with Crippen LogP contribution in [-0.2, 0) is 6.54 Å². The van der Waals surface area contributed by atoms with Gasteiger partial charge in [0.25, 0.3) is 0 Å². The summed E-state index contributed by atoms with van der Waals surface area (Å²) in [5, 5.41) is 0. The smallest absolute Gasteiger partial charge is 0.132 e. The Morgan fingerprint density at radius 1 is 1.58 bits per heavy atom. The van der Waals surface area contributed by atoms with Crippen LogP contribution in [0.1, 0.15) is 5.56 Å². The van der Waals surface area contributed by atoms with Gasteiger partial charge in [-0.1, -0.05) is 15.9 Å². The number of hydrogen-bond acceptors (Lipinski definition) is 2. The van der Waals surface area contributed by atoms with E-state index in [1.165, 1.54) is 0 Å². The maximum absolute atomic E-state index is 5.58. The molecule has 0 radical (unpaired) electrons. The van der Waals surface area contributed by atoms with Gasteiger partial charge in [-0.2, -0.15) is 0 Å². The summed E-state index contributed by atoms with van der Waals surface area (Å²) in [6.07, 6.45) is 0. The Morgan fingerprint density at radius 2 is 2.25 bits per heavy atom. The minimum atomic E-state index is 0.524. The second kappa shape index (κ2) is 4.43. The van der Waals surface area contributed by atoms with Crippen LogP contribution < -0.4 is 10.5 Å². The number of hydrogen-bond donors (Lipinski definition) is 1. The summed E-state index contributed by atoms with van der Waals surface area (Å²) in [5.74, 6) is 0.874. The van der Waals surface area contributed by atoms with E-state index in [0.717, 1.165) is 19.4 Å². The average molecular weight is 342 g/mol. The van der Waals surface area contributed by atoms with E-state index in [2.05, 4.69) is 38.5 Å². The zero-order valence-corrected chi connectivity index (χ0v) is 10.3. The third kappa shape index (κ3) is 1.92. The lowest BCUT2D eigenvalue weighted by molar-refractivity contribution is 0.411. The Labute approximate surface area is 93.7 Å². The fraction of sp³-hybridized carbons (Fsp3) is 0.250. The van der Waals surface area contributed by atoms with Crippen molar-refractivity contribution in [2.75, 3.05) is 7.11 Å². The Morgan fingerprint density at radius 3 is 2.75 bits per heavy atom. The molecule has 0 heterocycles. The minimum Gasteiger partial charge on any atom is -0.496 e. The van der Waals surface area contributed by atoms with Crippen LogP contribution in [0.25, 0.3) is 0 Å². The van der Waals surface area contributed by atoms with Crippen molar-refractivity contribution in [3.8, 4) is 5.75 Å². The van der Waals surface area contributed by atoms with Crippen LogP contribution in [0, 0.1) is 3.57 Å². The summed E-state index contributed by atoms with van der Waals surface area (Å²) in [4.78, 5) is 0. The first-order chi connectivity index (χ1) is 5.70. The predicted molar refractivity (Wildman–Crippen MR) is 61.3 cm³/mol. The van der Waals surface area contributed by atoms with Crippen molar-refractivity contribution in [3.63, 3.8) is 0 Å². The molecule has 2 N–H and O–H groups in total. The van der Waals surface area contributed by atoms with Gasteiger partial charge in [-0.05, 0) is 40.3 Å². The highest BCUT2D eigenvalue weighted by molar-refractivity contribution is 14.1. The van der Waals surface area contributed by atoms with Gasteiger partial charge in [0.15, 0.2) is 0 Å². The lowest BCUT2D eigenvalue weighted by atomic mass is 10.2. The highest BCUT2D eigenvalue weighted by Crippen LogP contribution is 2.29. The lowest BCUT2D eigenvalue weighted by Gasteiger charge is -2.08. The molecule has 0 aliphatic rings. The fourth-order valence-electron chi connectivity index (χ4n) is 0.921. The number of ether oxygens (including phenoxy) is 1. The molecule has 0 aromatic heterocycles. The third-order valence-electron chi connectivity index (χ3n) is 1.57. The predicted octanol–water partition coefficient (Wildman–Crippen LogP) is 2.52. The zero-order valence-electron chi connectivity index (χ0n) is 6.60. The maximum atomic E-state index is 5.58. The van der Waals surface area contributed by atoms with Crippen molar-refractivity contribution < 1.29 is 4.74 Å². The van der Waals surface area contributed by atoms with Crippen LogP contribution in [0.5, 0.6) is 5.75 Å². The van der Waals surface area contributed by atoms with Gasteiger partial charge in [-0.15, -0.1) is 0 Å². The van der Waals surface area contributed by atoms with Crippen LogP contribution in [0.4, 0.5) is 0 Å². The number of nitrogens with two attached hydrogens (primary N) is 1. The molecule has 1 aromatic carbocycles. The quantitative estimate of drug-likeness (QED) is 0.839. The Hall–Kier alpha value is 0.190. The molecular weight excluding hydrogens is 333 g/mol. The zero-order chi connectivity index (χ0) is 9.14. The van der Waals surface area contributed by atoms with Gasteiger partial charge in [0.2, 0.25) is 0 Å². The topological polar surface area (TPSA) is 35.2 Å². The van der Waals surface area contributed by atoms with Crippen LogP contribution in [0.2, 0.25) is 0 Å². The molecule has 0 amide bonds. The SMILES string of the molecule is COc1ccc(Br)c(CN)c1I. The molecule has 0 fully saturated rings. The van der Waals surface area contributed by atoms with Gasteiger partial charge in [0.1, 0.15) is 5.75 Å². The summed E-state index contributed by atoms with van der Waals surface area (Å²) in [7, 11) is 1.66. The van der Waals surface area contributed by atoms with Crippen molar-refractivity contribution in [3.05, 3.63) is 25.7 Å². The van der Waals surface area contributed by atoms with Gasteiger partial charge >= 0.3 is 0 Å². The summed E-state index contributed by atoms with van der Waals surface area (Å²) >= 11 is 5.66. The highest BCUT2D eigenvalue weighted by Gasteiger charge is 2.07. The number of benzene rings is 1. The first-order valence-corrected chi connectivity index (χ1v) is 5.28. The molecule has 0 saturated heterocycles. The molecule has 1 rings (SSSR count). The van der Waals surface area contributed by atoms with E-state index in [4.69, 9.17) is 10.5 Å². The normalized spacial score (nSPS) is 10.0. The molecule has 0 spiro atoms. The van der Waals surface area contributed by atoms with E-state index in [0.29, 0.717) is 6.54 Å². The van der Waals surface area contributed by atoms with Crippen molar-refractivity contribution in [2.24, 2.45) is 5.73 Å². The summed E-state index contributed by atoms with van der Waals surface area (Å²) in [6, 6.07) is 3.87. The summed E-state index contributed by atoms with van der Waals surface area (Å²) in [6.45, 7) is 0.524.